The van der Waals surface area contributed by atoms with Crippen LogP contribution >= 0.6 is 27.3 Å². The number of nitrogens with one attached hydrogen (secondary N) is 1. The molecule has 0 aliphatic heterocycles. The molecule has 5 nitrogen and oxygen atoms in total. The van der Waals surface area contributed by atoms with Crippen LogP contribution in [0.4, 0.5) is 0 Å². The lowest BCUT2D eigenvalue weighted by Gasteiger charge is -2.09. The quantitative estimate of drug-likeness (QED) is 0.820. The lowest BCUT2D eigenvalue weighted by Crippen LogP contribution is -2.28. The highest BCUT2D eigenvalue weighted by molar-refractivity contribution is 9.10. The van der Waals surface area contributed by atoms with Crippen molar-refractivity contribution >= 4 is 39.1 Å². The third-order valence-electron chi connectivity index (χ3n) is 2.57. The average Bonchev–Trinajstić information content (AvgIpc) is 2.97. The van der Waals surface area contributed by atoms with Gasteiger partial charge in [0, 0.05) is 9.35 Å². The van der Waals surface area contributed by atoms with E-state index in [1.807, 2.05) is 17.5 Å². The molecular formula is C14H12BrNO4S. The monoisotopic (exact) mass is 369 g/mol. The van der Waals surface area contributed by atoms with Crippen LogP contribution in [0.2, 0.25) is 0 Å². The SMILES string of the molecule is O=C(COc1ccc(Br)cc1C(=O)O)NCc1cccs1. The molecule has 7 heteroatoms. The lowest BCUT2D eigenvalue weighted by atomic mass is 10.2. The molecule has 0 unspecified atom stereocenters. The number of rotatable bonds is 6. The van der Waals surface area contributed by atoms with Gasteiger partial charge in [0.05, 0.1) is 6.54 Å². The van der Waals surface area contributed by atoms with Crippen LogP contribution < -0.4 is 10.1 Å². The van der Waals surface area contributed by atoms with Gasteiger partial charge in [0.2, 0.25) is 0 Å². The summed E-state index contributed by atoms with van der Waals surface area (Å²) in [6, 6.07) is 8.43. The van der Waals surface area contributed by atoms with E-state index in [-0.39, 0.29) is 23.8 Å². The number of aromatic carboxylic acids is 1. The van der Waals surface area contributed by atoms with E-state index >= 15 is 0 Å². The zero-order valence-electron chi connectivity index (χ0n) is 10.8. The van der Waals surface area contributed by atoms with E-state index in [2.05, 4.69) is 21.2 Å². The number of hydrogen-bond acceptors (Lipinski definition) is 4. The zero-order chi connectivity index (χ0) is 15.2. The first-order valence-corrected chi connectivity index (χ1v) is 7.68. The van der Waals surface area contributed by atoms with Gasteiger partial charge < -0.3 is 15.2 Å². The Balaban J connectivity index is 1.90. The van der Waals surface area contributed by atoms with Crippen molar-refractivity contribution in [1.82, 2.24) is 5.32 Å². The number of carbonyl (C=O) groups excluding carboxylic acids is 1. The van der Waals surface area contributed by atoms with E-state index < -0.39 is 5.97 Å². The number of ether oxygens (including phenoxy) is 1. The molecule has 0 bridgehead atoms. The van der Waals surface area contributed by atoms with Gasteiger partial charge in [-0.3, -0.25) is 4.79 Å². The Bertz CT molecular complexity index is 642. The summed E-state index contributed by atoms with van der Waals surface area (Å²) in [6.45, 7) is 0.208. The van der Waals surface area contributed by atoms with E-state index in [0.29, 0.717) is 11.0 Å². The molecule has 110 valence electrons. The lowest BCUT2D eigenvalue weighted by molar-refractivity contribution is -0.123. The van der Waals surface area contributed by atoms with Crippen LogP contribution in [0.1, 0.15) is 15.2 Å². The van der Waals surface area contributed by atoms with Crippen molar-refractivity contribution in [2.75, 3.05) is 6.61 Å². The van der Waals surface area contributed by atoms with Crippen LogP contribution in [-0.4, -0.2) is 23.6 Å². The second-order valence-corrected chi connectivity index (χ2v) is 6.04. The normalized spacial score (nSPS) is 10.1. The van der Waals surface area contributed by atoms with Crippen molar-refractivity contribution < 1.29 is 19.4 Å². The van der Waals surface area contributed by atoms with E-state index in [4.69, 9.17) is 9.84 Å². The second kappa shape index (κ2) is 7.24. The maximum absolute atomic E-state index is 11.7. The third-order valence-corrected chi connectivity index (χ3v) is 3.94. The van der Waals surface area contributed by atoms with Crippen LogP contribution in [0.3, 0.4) is 0 Å². The van der Waals surface area contributed by atoms with E-state index in [1.165, 1.54) is 12.1 Å². The Morgan fingerprint density at radius 2 is 2.14 bits per heavy atom. The topological polar surface area (TPSA) is 75.6 Å². The molecule has 2 N–H and O–H groups in total. The number of halogens is 1. The minimum Gasteiger partial charge on any atom is -0.483 e. The van der Waals surface area contributed by atoms with Crippen LogP contribution in [-0.2, 0) is 11.3 Å². The molecule has 2 aromatic rings. The maximum Gasteiger partial charge on any atom is 0.339 e. The molecule has 0 fully saturated rings. The molecule has 0 atom stereocenters. The molecule has 1 aromatic heterocycles. The van der Waals surface area contributed by atoms with Gasteiger partial charge in [0.1, 0.15) is 11.3 Å². The van der Waals surface area contributed by atoms with Crippen molar-refractivity contribution in [2.24, 2.45) is 0 Å². The molecule has 0 aliphatic rings. The van der Waals surface area contributed by atoms with Crippen LogP contribution in [0.25, 0.3) is 0 Å². The minimum atomic E-state index is -1.11. The van der Waals surface area contributed by atoms with Gasteiger partial charge in [0.25, 0.3) is 5.91 Å². The van der Waals surface area contributed by atoms with Crippen LogP contribution in [0.15, 0.2) is 40.2 Å². The first-order valence-electron chi connectivity index (χ1n) is 6.01. The van der Waals surface area contributed by atoms with Crippen molar-refractivity contribution in [3.05, 3.63) is 50.6 Å². The summed E-state index contributed by atoms with van der Waals surface area (Å²) in [5, 5.41) is 13.7. The smallest absolute Gasteiger partial charge is 0.339 e. The number of hydrogen-bond donors (Lipinski definition) is 2. The molecule has 0 saturated heterocycles. The number of carboxylic acid groups (broad SMARTS) is 1. The maximum atomic E-state index is 11.7. The molecule has 2 rings (SSSR count). The number of carboxylic acids is 1. The Hall–Kier alpha value is -1.86. The molecule has 1 heterocycles. The van der Waals surface area contributed by atoms with Gasteiger partial charge in [-0.2, -0.15) is 0 Å². The fourth-order valence-electron chi connectivity index (χ4n) is 1.59. The molecular weight excluding hydrogens is 358 g/mol. The number of carbonyl (C=O) groups is 2. The standard InChI is InChI=1S/C14H12BrNO4S/c15-9-3-4-12(11(6-9)14(18)19)20-8-13(17)16-7-10-2-1-5-21-10/h1-6H,7-8H2,(H,16,17)(H,18,19). The molecule has 0 aliphatic carbocycles. The molecule has 21 heavy (non-hydrogen) atoms. The van der Waals surface area contributed by atoms with Crippen molar-refractivity contribution in [3.63, 3.8) is 0 Å². The van der Waals surface area contributed by atoms with Crippen molar-refractivity contribution in [3.8, 4) is 5.75 Å². The summed E-state index contributed by atoms with van der Waals surface area (Å²) in [4.78, 5) is 23.8. The first-order chi connectivity index (χ1) is 10.1. The third kappa shape index (κ3) is 4.57. The van der Waals surface area contributed by atoms with Gasteiger partial charge in [-0.1, -0.05) is 22.0 Å². The van der Waals surface area contributed by atoms with E-state index in [1.54, 1.807) is 17.4 Å². The summed E-state index contributed by atoms with van der Waals surface area (Å²) in [5.74, 6) is -1.25. The van der Waals surface area contributed by atoms with E-state index in [0.717, 1.165) is 4.88 Å². The molecule has 1 aromatic carbocycles. The highest BCUT2D eigenvalue weighted by atomic mass is 79.9. The predicted molar refractivity (Wildman–Crippen MR) is 82.8 cm³/mol. The van der Waals surface area contributed by atoms with Gasteiger partial charge >= 0.3 is 5.97 Å². The summed E-state index contributed by atoms with van der Waals surface area (Å²) < 4.78 is 5.91. The largest absolute Gasteiger partial charge is 0.483 e. The van der Waals surface area contributed by atoms with Crippen molar-refractivity contribution in [1.29, 1.82) is 0 Å². The van der Waals surface area contributed by atoms with Gasteiger partial charge in [-0.05, 0) is 29.6 Å². The Labute approximate surface area is 133 Å². The fraction of sp³-hybridized carbons (Fsp3) is 0.143. The highest BCUT2D eigenvalue weighted by Crippen LogP contribution is 2.23. The average molecular weight is 370 g/mol. The van der Waals surface area contributed by atoms with Gasteiger partial charge in [-0.25, -0.2) is 4.79 Å². The van der Waals surface area contributed by atoms with Gasteiger partial charge in [0.15, 0.2) is 6.61 Å². The molecule has 0 spiro atoms. The summed E-state index contributed by atoms with van der Waals surface area (Å²) in [6.07, 6.45) is 0. The molecule has 1 amide bonds. The predicted octanol–water partition coefficient (Wildman–Crippen LogP) is 2.90. The summed E-state index contributed by atoms with van der Waals surface area (Å²) in [7, 11) is 0. The van der Waals surface area contributed by atoms with E-state index in [9.17, 15) is 9.59 Å². The first kappa shape index (κ1) is 15.5. The van der Waals surface area contributed by atoms with Gasteiger partial charge in [-0.15, -0.1) is 11.3 Å². The number of thiophene rings is 1. The second-order valence-electron chi connectivity index (χ2n) is 4.09. The molecule has 0 saturated carbocycles. The highest BCUT2D eigenvalue weighted by Gasteiger charge is 2.13. The zero-order valence-corrected chi connectivity index (χ0v) is 13.2. The summed E-state index contributed by atoms with van der Waals surface area (Å²) >= 11 is 4.74. The minimum absolute atomic E-state index is 0.00966. The number of benzene rings is 1. The Kier molecular flexibility index (Phi) is 5.35. The number of amides is 1. The molecule has 0 radical (unpaired) electrons. The van der Waals surface area contributed by atoms with Crippen LogP contribution in [0, 0.1) is 0 Å². The fourth-order valence-corrected chi connectivity index (χ4v) is 2.59. The Morgan fingerprint density at radius 3 is 2.81 bits per heavy atom. The van der Waals surface area contributed by atoms with Crippen molar-refractivity contribution in [2.45, 2.75) is 6.54 Å². The summed E-state index contributed by atoms with van der Waals surface area (Å²) in [5.41, 5.74) is 0.00966. The Morgan fingerprint density at radius 1 is 1.33 bits per heavy atom. The van der Waals surface area contributed by atoms with Crippen LogP contribution in [0.5, 0.6) is 5.75 Å².